The average Bonchev–Trinajstić information content (AvgIpc) is 2.27. The molecule has 120 valence electrons. The van der Waals surface area contributed by atoms with E-state index in [9.17, 15) is 35.1 Å². The Balaban J connectivity index is 5.00. The second-order valence-corrected chi connectivity index (χ2v) is 3.64. The first-order chi connectivity index (χ1) is 8.83. The molecule has 0 atom stereocenters. The third-order valence-corrected chi connectivity index (χ3v) is 1.95. The zero-order valence-corrected chi connectivity index (χ0v) is 9.78. The van der Waals surface area contributed by atoms with E-state index in [-0.39, 0.29) is 0 Å². The molecule has 0 aliphatic rings. The molecule has 0 aromatic carbocycles. The van der Waals surface area contributed by atoms with Crippen molar-refractivity contribution in [1.82, 2.24) is 5.32 Å². The molecule has 0 radical (unpaired) electrons. The van der Waals surface area contributed by atoms with E-state index in [1.165, 1.54) is 0 Å². The Morgan fingerprint density at radius 2 is 1.40 bits per heavy atom. The van der Waals surface area contributed by atoms with Crippen LogP contribution in [0, 0.1) is 0 Å². The van der Waals surface area contributed by atoms with Gasteiger partial charge in [0, 0.05) is 0 Å². The molecular weight excluding hydrogens is 306 g/mol. The van der Waals surface area contributed by atoms with E-state index in [1.54, 1.807) is 0 Å². The summed E-state index contributed by atoms with van der Waals surface area (Å²) in [6.07, 6.45) is 0.927. The first-order valence-corrected chi connectivity index (χ1v) is 4.93. The second-order valence-electron chi connectivity index (χ2n) is 3.64. The smallest absolute Gasteiger partial charge is 0.372 e. The van der Waals surface area contributed by atoms with Crippen molar-refractivity contribution in [2.24, 2.45) is 0 Å². The molecule has 0 aromatic heterocycles. The molecule has 11 heteroatoms. The fourth-order valence-corrected chi connectivity index (χ4v) is 0.840. The van der Waals surface area contributed by atoms with Crippen LogP contribution in [0.1, 0.15) is 0 Å². The third kappa shape index (κ3) is 4.28. The molecule has 0 unspecified atom stereocenters. The van der Waals surface area contributed by atoms with Gasteiger partial charge in [-0.05, 0) is 0 Å². The predicted molar refractivity (Wildman–Crippen MR) is 51.0 cm³/mol. The normalized spacial score (nSPS) is 14.4. The predicted octanol–water partition coefficient (Wildman–Crippen LogP) is 2.23. The van der Waals surface area contributed by atoms with Crippen molar-refractivity contribution >= 4 is 0 Å². The van der Waals surface area contributed by atoms with Gasteiger partial charge >= 0.3 is 23.9 Å². The fraction of sp³-hybridized carbons (Fsp3) is 0.778. The lowest BCUT2D eigenvalue weighted by Gasteiger charge is -2.33. The molecule has 2 N–H and O–H groups in total. The van der Waals surface area contributed by atoms with Gasteiger partial charge in [-0.15, -0.1) is 6.58 Å². The highest BCUT2D eigenvalue weighted by atomic mass is 19.3. The standard InChI is InChI=1S/C9H11F8NO2/c1-2-3-20-5-7(12,13)9(16,17)18-8(14,15)6(10,11)4-19/h2,18-19H,1,3-5H2. The topological polar surface area (TPSA) is 41.5 Å². The van der Waals surface area contributed by atoms with Gasteiger partial charge in [0.25, 0.3) is 0 Å². The highest BCUT2D eigenvalue weighted by Crippen LogP contribution is 2.39. The van der Waals surface area contributed by atoms with E-state index < -0.39 is 49.1 Å². The Kier molecular flexibility index (Phi) is 5.93. The number of aliphatic hydroxyl groups is 1. The average molecular weight is 317 g/mol. The van der Waals surface area contributed by atoms with Crippen molar-refractivity contribution in [3.63, 3.8) is 0 Å². The van der Waals surface area contributed by atoms with Gasteiger partial charge in [0.1, 0.15) is 13.2 Å². The van der Waals surface area contributed by atoms with Gasteiger partial charge in [-0.25, -0.2) is 0 Å². The molecular formula is C9H11F8NO2. The minimum Gasteiger partial charge on any atom is -0.390 e. The summed E-state index contributed by atoms with van der Waals surface area (Å²) in [5.41, 5.74) is 0. The maximum atomic E-state index is 12.9. The largest absolute Gasteiger partial charge is 0.390 e. The van der Waals surface area contributed by atoms with Gasteiger partial charge in [0.2, 0.25) is 0 Å². The molecule has 0 saturated carbocycles. The lowest BCUT2D eigenvalue weighted by atomic mass is 10.2. The lowest BCUT2D eigenvalue weighted by Crippen LogP contribution is -2.65. The maximum Gasteiger partial charge on any atom is 0.372 e. The lowest BCUT2D eigenvalue weighted by molar-refractivity contribution is -0.317. The van der Waals surface area contributed by atoms with Crippen LogP contribution >= 0.6 is 0 Å². The van der Waals surface area contributed by atoms with Crippen molar-refractivity contribution in [2.45, 2.75) is 23.9 Å². The zero-order valence-electron chi connectivity index (χ0n) is 9.78. The SMILES string of the molecule is C=CCOCC(F)(F)C(F)(F)NC(F)(F)C(F)(F)CO. The summed E-state index contributed by atoms with van der Waals surface area (Å²) in [5, 5.41) is 7.52. The number of halogens is 8. The number of alkyl halides is 8. The van der Waals surface area contributed by atoms with E-state index in [1.807, 2.05) is 0 Å². The first kappa shape index (κ1) is 19.1. The van der Waals surface area contributed by atoms with Crippen molar-refractivity contribution in [1.29, 1.82) is 0 Å². The van der Waals surface area contributed by atoms with Crippen molar-refractivity contribution in [3.8, 4) is 0 Å². The molecule has 0 heterocycles. The van der Waals surface area contributed by atoms with Crippen LogP contribution in [-0.4, -0.2) is 48.9 Å². The first-order valence-electron chi connectivity index (χ1n) is 4.93. The molecule has 20 heavy (non-hydrogen) atoms. The Hall–Kier alpha value is -0.940. The van der Waals surface area contributed by atoms with Crippen molar-refractivity contribution in [2.75, 3.05) is 19.8 Å². The number of nitrogens with one attached hydrogen (secondary N) is 1. The highest BCUT2D eigenvalue weighted by Gasteiger charge is 2.66. The minimum atomic E-state index is -5.76. The van der Waals surface area contributed by atoms with E-state index >= 15 is 0 Å². The van der Waals surface area contributed by atoms with Gasteiger partial charge in [-0.2, -0.15) is 40.4 Å². The monoisotopic (exact) mass is 317 g/mol. The van der Waals surface area contributed by atoms with E-state index in [4.69, 9.17) is 5.11 Å². The summed E-state index contributed by atoms with van der Waals surface area (Å²) in [5.74, 6) is -10.5. The number of hydrogen-bond donors (Lipinski definition) is 2. The number of rotatable bonds is 9. The molecule has 3 nitrogen and oxygen atoms in total. The number of aliphatic hydroxyl groups excluding tert-OH is 1. The van der Waals surface area contributed by atoms with E-state index in [0.29, 0.717) is 0 Å². The van der Waals surface area contributed by atoms with Crippen LogP contribution in [0.3, 0.4) is 0 Å². The Morgan fingerprint density at radius 1 is 0.950 bits per heavy atom. The summed E-state index contributed by atoms with van der Waals surface area (Å²) >= 11 is 0. The summed E-state index contributed by atoms with van der Waals surface area (Å²) in [7, 11) is 0. The van der Waals surface area contributed by atoms with Crippen LogP contribution in [-0.2, 0) is 4.74 Å². The molecule has 0 rings (SSSR count). The van der Waals surface area contributed by atoms with Gasteiger partial charge in [-0.3, -0.25) is 0 Å². The molecule has 0 aliphatic carbocycles. The summed E-state index contributed by atoms with van der Waals surface area (Å²) < 4.78 is 106. The van der Waals surface area contributed by atoms with Crippen molar-refractivity contribution in [3.05, 3.63) is 12.7 Å². The van der Waals surface area contributed by atoms with Gasteiger partial charge in [0.15, 0.2) is 0 Å². The molecule has 0 amide bonds. The zero-order chi connectivity index (χ0) is 16.2. The third-order valence-electron chi connectivity index (χ3n) is 1.95. The summed E-state index contributed by atoms with van der Waals surface area (Å²) in [6.45, 7) is -2.06. The Morgan fingerprint density at radius 3 is 1.80 bits per heavy atom. The van der Waals surface area contributed by atoms with E-state index in [0.717, 1.165) is 6.08 Å². The number of ether oxygens (including phenoxy) is 1. The minimum absolute atomic E-state index is 0.441. The second kappa shape index (κ2) is 6.22. The molecule has 0 spiro atoms. The van der Waals surface area contributed by atoms with Crippen LogP contribution in [0.15, 0.2) is 12.7 Å². The van der Waals surface area contributed by atoms with Crippen LogP contribution in [0.5, 0.6) is 0 Å². The molecule has 0 saturated heterocycles. The van der Waals surface area contributed by atoms with Crippen LogP contribution in [0.4, 0.5) is 35.1 Å². The quantitative estimate of drug-likeness (QED) is 0.297. The number of hydrogen-bond acceptors (Lipinski definition) is 3. The summed E-state index contributed by atoms with van der Waals surface area (Å²) in [6, 6.07) is -11.5. The summed E-state index contributed by atoms with van der Waals surface area (Å²) in [4.78, 5) is 0. The maximum absolute atomic E-state index is 12.9. The van der Waals surface area contributed by atoms with E-state index in [2.05, 4.69) is 11.3 Å². The van der Waals surface area contributed by atoms with Gasteiger partial charge in [0.05, 0.1) is 6.61 Å². The van der Waals surface area contributed by atoms with Crippen LogP contribution < -0.4 is 5.32 Å². The van der Waals surface area contributed by atoms with Crippen LogP contribution in [0.2, 0.25) is 0 Å². The Bertz CT molecular complexity index is 334. The molecule has 0 bridgehead atoms. The fourth-order valence-electron chi connectivity index (χ4n) is 0.840. The van der Waals surface area contributed by atoms with Crippen molar-refractivity contribution < 1.29 is 45.0 Å². The van der Waals surface area contributed by atoms with Gasteiger partial charge < -0.3 is 9.84 Å². The van der Waals surface area contributed by atoms with Crippen LogP contribution in [0.25, 0.3) is 0 Å². The highest BCUT2D eigenvalue weighted by molar-refractivity contribution is 4.91. The Labute approximate surface area is 108 Å². The molecule has 0 aromatic rings. The van der Waals surface area contributed by atoms with Gasteiger partial charge in [-0.1, -0.05) is 6.08 Å². The molecule has 0 fully saturated rings. The molecule has 0 aliphatic heterocycles.